The Kier molecular flexibility index (Phi) is 47.1. The Morgan fingerprint density at radius 1 is 0.704 bits per heavy atom. The molecule has 0 N–H and O–H groups in total. The van der Waals surface area contributed by atoms with Crippen LogP contribution in [0.15, 0.2) is 60.7 Å². The van der Waals surface area contributed by atoms with Crippen LogP contribution >= 0.6 is 10.8 Å². The van der Waals surface area contributed by atoms with Crippen LogP contribution in [0, 0.1) is 9.81 Å². The van der Waals surface area contributed by atoms with Gasteiger partial charge < -0.3 is 56.1 Å². The van der Waals surface area contributed by atoms with Gasteiger partial charge in [0.05, 0.1) is 0 Å². The summed E-state index contributed by atoms with van der Waals surface area (Å²) in [5.41, 5.74) is 11.5. The molecule has 0 fully saturated rings. The average Bonchev–Trinajstić information content (AvgIpc) is 3.27. The standard InChI is InChI=1S/2C5H5.C4H10S2.C4H10S.2Cr.2NO/c2*1-2-4-5-3-1;1-4(2,3)6-5;1-4(2,3)5;;;2*1-2/h2*1-5H;5H,1-3H3;5H,1-3H3;;;;/q2*-1;;;2*+6;2*-1/p-2. The summed E-state index contributed by atoms with van der Waals surface area (Å²) in [6, 6.07) is 20.0. The average molecular weight is 505 g/mol. The first-order chi connectivity index (χ1) is 11.6. The first-order valence-corrected chi connectivity index (χ1v) is 9.42. The number of nitrogens with zero attached hydrogens (tertiary/aromatic N) is 2. The third-order valence-corrected chi connectivity index (χ3v) is 3.36. The van der Waals surface area contributed by atoms with E-state index in [-0.39, 0.29) is 44.2 Å². The first-order valence-electron chi connectivity index (χ1n) is 7.27. The predicted molar refractivity (Wildman–Crippen MR) is 119 cm³/mol. The molecule has 9 heteroatoms. The maximum atomic E-state index is 7.25. The smallest absolute Gasteiger partial charge is 0.787 e. The van der Waals surface area contributed by atoms with Crippen molar-refractivity contribution in [2.24, 2.45) is 0 Å². The molecule has 2 aromatic carbocycles. The van der Waals surface area contributed by atoms with Crippen LogP contribution < -0.4 is 0 Å². The molecule has 0 unspecified atom stereocenters. The van der Waals surface area contributed by atoms with Crippen LogP contribution in [-0.4, -0.2) is 9.49 Å². The third kappa shape index (κ3) is 88.6. The maximum Gasteiger partial charge on any atom is 6.00 e. The van der Waals surface area contributed by atoms with Gasteiger partial charge in [-0.05, 0) is 4.75 Å². The van der Waals surface area contributed by atoms with Crippen molar-refractivity contribution >= 4 is 35.1 Å². The van der Waals surface area contributed by atoms with Crippen LogP contribution in [0.2, 0.25) is 0 Å². The minimum absolute atomic E-state index is 0. The molecule has 0 saturated carbocycles. The zero-order chi connectivity index (χ0) is 20.8. The van der Waals surface area contributed by atoms with E-state index in [1.807, 2.05) is 81.4 Å². The van der Waals surface area contributed by atoms with E-state index in [0.29, 0.717) is 0 Å². The van der Waals surface area contributed by atoms with E-state index >= 15 is 0 Å². The summed E-state index contributed by atoms with van der Waals surface area (Å²) in [5.74, 6) is 0. The molecule has 0 bridgehead atoms. The van der Waals surface area contributed by atoms with Crippen molar-refractivity contribution in [2.45, 2.75) is 51.0 Å². The van der Waals surface area contributed by atoms with Gasteiger partial charge in [-0.1, -0.05) is 41.5 Å². The predicted octanol–water partition coefficient (Wildman–Crippen LogP) is 6.76. The minimum Gasteiger partial charge on any atom is -0.787 e. The van der Waals surface area contributed by atoms with Crippen molar-refractivity contribution in [3.63, 3.8) is 0 Å². The van der Waals surface area contributed by atoms with Gasteiger partial charge >= 0.3 is 34.7 Å². The topological polar surface area (TPSA) is 78.7 Å². The zero-order valence-corrected chi connectivity index (χ0v) is 21.5. The summed E-state index contributed by atoms with van der Waals surface area (Å²) in [6.07, 6.45) is 0. The number of rotatable bonds is 0. The number of hydrogen-bond donors (Lipinski definition) is 0. The molecule has 2 rings (SSSR count). The molecule has 0 spiro atoms. The Morgan fingerprint density at radius 2 is 0.852 bits per heavy atom. The molecule has 4 nitrogen and oxygen atoms in total. The normalized spacial score (nSPS) is 8.15. The van der Waals surface area contributed by atoms with Crippen molar-refractivity contribution in [1.29, 1.82) is 0 Å². The molecule has 0 amide bonds. The Balaban J connectivity index is -0.0000000501. The van der Waals surface area contributed by atoms with Crippen molar-refractivity contribution < 1.29 is 34.7 Å². The molecular weight excluding hydrogens is 476 g/mol. The van der Waals surface area contributed by atoms with Crippen molar-refractivity contribution in [3.8, 4) is 0 Å². The van der Waals surface area contributed by atoms with Gasteiger partial charge in [0.25, 0.3) is 0 Å². The molecule has 2 aromatic rings. The summed E-state index contributed by atoms with van der Waals surface area (Å²) in [5, 5.41) is 0. The van der Waals surface area contributed by atoms with E-state index < -0.39 is 0 Å². The Labute approximate surface area is 201 Å². The fourth-order valence-corrected chi connectivity index (χ4v) is 0.642. The van der Waals surface area contributed by atoms with Crippen LogP contribution in [-0.2, 0) is 59.0 Å². The molecule has 27 heavy (non-hydrogen) atoms. The molecule has 0 aliphatic carbocycles. The second-order valence-corrected chi connectivity index (χ2v) is 9.35. The van der Waals surface area contributed by atoms with Crippen LogP contribution in [0.1, 0.15) is 41.5 Å². The Hall–Kier alpha value is 0.0149. The molecule has 0 radical (unpaired) electrons. The molecule has 0 saturated heterocycles. The van der Waals surface area contributed by atoms with Gasteiger partial charge in [-0.25, -0.2) is 24.3 Å². The van der Waals surface area contributed by atoms with E-state index in [4.69, 9.17) is 45.3 Å². The quantitative estimate of drug-likeness (QED) is 0.225. The number of hydrogen-bond acceptors (Lipinski definition) is 5. The number of nitroso groups, excluding NO2 is 2. The van der Waals surface area contributed by atoms with E-state index in [9.17, 15) is 0 Å². The Bertz CT molecular complexity index is 350. The van der Waals surface area contributed by atoms with Gasteiger partial charge in [0.2, 0.25) is 0 Å². The van der Waals surface area contributed by atoms with Crippen LogP contribution in [0.5, 0.6) is 0 Å². The molecule has 0 aliphatic heterocycles. The molecule has 0 heterocycles. The largest absolute Gasteiger partial charge is 6.00 e. The molecule has 146 valence electrons. The monoisotopic (exact) mass is 504 g/mol. The molecule has 0 aromatic heterocycles. The first kappa shape index (κ1) is 41.4. The van der Waals surface area contributed by atoms with Gasteiger partial charge in [0.1, 0.15) is 0 Å². The summed E-state index contributed by atoms with van der Waals surface area (Å²) >= 11 is 9.53. The maximum absolute atomic E-state index is 7.25. The van der Waals surface area contributed by atoms with Gasteiger partial charge in [0.15, 0.2) is 0 Å². The van der Waals surface area contributed by atoms with Gasteiger partial charge in [-0.2, -0.15) is 41.1 Å². The van der Waals surface area contributed by atoms with Gasteiger partial charge in [-0.15, -0.1) is 0 Å². The van der Waals surface area contributed by atoms with Crippen LogP contribution in [0.25, 0.3) is 11.2 Å². The molecular formula is C18H28Cr2N2O2S3+6. The van der Waals surface area contributed by atoms with Crippen molar-refractivity contribution in [1.82, 2.24) is 0 Å². The Morgan fingerprint density at radius 3 is 0.889 bits per heavy atom. The summed E-state index contributed by atoms with van der Waals surface area (Å²) in [4.78, 5) is 14.5. The van der Waals surface area contributed by atoms with E-state index in [1.165, 1.54) is 10.8 Å². The fraction of sp³-hybridized carbons (Fsp3) is 0.444. The zero-order valence-electron chi connectivity index (χ0n) is 16.5. The van der Waals surface area contributed by atoms with Crippen LogP contribution in [0.3, 0.4) is 0 Å². The molecule has 0 aliphatic rings. The van der Waals surface area contributed by atoms with Crippen LogP contribution in [0.4, 0.5) is 0 Å². The van der Waals surface area contributed by atoms with E-state index in [1.54, 1.807) is 0 Å². The summed E-state index contributed by atoms with van der Waals surface area (Å²) in [6.45, 7) is 12.3. The second-order valence-electron chi connectivity index (χ2n) is 6.23. The van der Waals surface area contributed by atoms with E-state index in [0.717, 1.165) is 0 Å². The second kappa shape index (κ2) is 30.7. The fourth-order valence-electron chi connectivity index (χ4n) is 0.642. The van der Waals surface area contributed by atoms with Crippen molar-refractivity contribution in [3.05, 3.63) is 81.7 Å². The van der Waals surface area contributed by atoms with E-state index in [2.05, 4.69) is 20.8 Å². The summed E-state index contributed by atoms with van der Waals surface area (Å²) in [7, 11) is 1.47. The molecule has 0 atom stereocenters. The SMILES string of the molecule is CC(C)(C)S[S-].CC(C)(C)[S-].[Cr+6].[Cr+6].[N-]=O.[N-]=O.c1cc[cH-]c1.c1cc[cH-]c1. The summed E-state index contributed by atoms with van der Waals surface area (Å²) < 4.78 is 0.356. The minimum atomic E-state index is 0. The van der Waals surface area contributed by atoms with Gasteiger partial charge in [-0.3, -0.25) is 0 Å². The van der Waals surface area contributed by atoms with Gasteiger partial charge in [0, 0.05) is 0 Å². The third-order valence-electron chi connectivity index (χ3n) is 1.36. The van der Waals surface area contributed by atoms with Crippen molar-refractivity contribution in [2.75, 3.05) is 0 Å².